The molecule has 3 amide bonds. The molecule has 25 heavy (non-hydrogen) atoms. The van der Waals surface area contributed by atoms with Crippen molar-refractivity contribution in [2.75, 3.05) is 27.2 Å². The molecule has 2 bridgehead atoms. The molecule has 0 N–H and O–H groups in total. The van der Waals surface area contributed by atoms with E-state index >= 15 is 0 Å². The molecule has 0 radical (unpaired) electrons. The molecule has 136 valence electrons. The van der Waals surface area contributed by atoms with Crippen molar-refractivity contribution in [3.05, 3.63) is 0 Å². The van der Waals surface area contributed by atoms with Crippen LogP contribution in [-0.4, -0.2) is 70.7 Å². The minimum atomic E-state index is -0.663. The lowest BCUT2D eigenvalue weighted by molar-refractivity contribution is -0.184. The number of piperidine rings is 2. The number of rotatable bonds is 0. The molecule has 5 saturated heterocycles. The summed E-state index contributed by atoms with van der Waals surface area (Å²) in [6.45, 7) is 6.18. The first-order chi connectivity index (χ1) is 11.6. The first-order valence-corrected chi connectivity index (χ1v) is 9.47. The largest absolute Gasteiger partial charge is 0.337 e. The number of carbonyl (C=O) groups is 3. The van der Waals surface area contributed by atoms with Crippen molar-refractivity contribution < 1.29 is 14.4 Å². The summed E-state index contributed by atoms with van der Waals surface area (Å²) in [4.78, 5) is 44.6. The summed E-state index contributed by atoms with van der Waals surface area (Å²) in [6, 6.07) is 0. The van der Waals surface area contributed by atoms with E-state index in [1.807, 2.05) is 11.9 Å². The second-order valence-electron chi connectivity index (χ2n) is 9.70. The topological polar surface area (TPSA) is 60.9 Å². The minimum absolute atomic E-state index is 0.0340. The van der Waals surface area contributed by atoms with Gasteiger partial charge in [-0.15, -0.1) is 0 Å². The summed E-state index contributed by atoms with van der Waals surface area (Å²) < 4.78 is 0. The summed E-state index contributed by atoms with van der Waals surface area (Å²) in [5.41, 5.74) is -1.63. The third-order valence-corrected chi connectivity index (χ3v) is 8.90. The van der Waals surface area contributed by atoms with Gasteiger partial charge in [-0.05, 0) is 43.6 Å². The highest BCUT2D eigenvalue weighted by molar-refractivity contribution is 6.06. The fourth-order valence-electron chi connectivity index (χ4n) is 7.38. The van der Waals surface area contributed by atoms with Crippen LogP contribution in [0.25, 0.3) is 0 Å². The molecule has 6 heteroatoms. The van der Waals surface area contributed by atoms with Gasteiger partial charge >= 0.3 is 0 Å². The van der Waals surface area contributed by atoms with Gasteiger partial charge in [-0.3, -0.25) is 24.2 Å². The number of hydrogen-bond donors (Lipinski definition) is 0. The molecule has 6 fully saturated rings. The molecule has 4 atom stereocenters. The van der Waals surface area contributed by atoms with Crippen LogP contribution >= 0.6 is 0 Å². The normalized spacial score (nSPS) is 48.0. The summed E-state index contributed by atoms with van der Waals surface area (Å²) in [7, 11) is 3.55. The number of likely N-dealkylation sites (N-methyl/N-ethyl adjacent to an activating group) is 1. The molecule has 5 aliphatic heterocycles. The molecule has 6 aliphatic rings. The number of hydrogen-bond acceptors (Lipinski definition) is 4. The van der Waals surface area contributed by atoms with E-state index in [-0.39, 0.29) is 40.1 Å². The van der Waals surface area contributed by atoms with Crippen molar-refractivity contribution in [1.29, 1.82) is 0 Å². The standard InChI is InChI=1S/C19H27N3O3/c1-16(2)12-8-18-6-5-7-22(18)11-19(12,21(4)15(18)25)10-17(16)9-13(23)20(3)14(17)24/h12H,5-11H2,1-4H3/t12-,17-,18-,19+/m0/s1. The van der Waals surface area contributed by atoms with E-state index < -0.39 is 5.41 Å². The molecular formula is C19H27N3O3. The Kier molecular flexibility index (Phi) is 2.59. The maximum absolute atomic E-state index is 13.3. The molecule has 0 aromatic heterocycles. The quantitative estimate of drug-likeness (QED) is 0.611. The first kappa shape index (κ1) is 15.8. The predicted octanol–water partition coefficient (Wildman–Crippen LogP) is 0.857. The van der Waals surface area contributed by atoms with E-state index in [1.54, 1.807) is 7.05 Å². The van der Waals surface area contributed by atoms with Crippen LogP contribution in [0, 0.1) is 16.7 Å². The van der Waals surface area contributed by atoms with E-state index in [0.29, 0.717) is 12.8 Å². The Morgan fingerprint density at radius 1 is 1.08 bits per heavy atom. The van der Waals surface area contributed by atoms with Gasteiger partial charge in [0, 0.05) is 27.1 Å². The Morgan fingerprint density at radius 2 is 1.80 bits per heavy atom. The van der Waals surface area contributed by atoms with Gasteiger partial charge < -0.3 is 4.90 Å². The number of likely N-dealkylation sites (tertiary alicyclic amines) is 1. The molecular weight excluding hydrogens is 318 g/mol. The van der Waals surface area contributed by atoms with Gasteiger partial charge in [-0.25, -0.2) is 0 Å². The molecule has 0 aromatic rings. The van der Waals surface area contributed by atoms with Gasteiger partial charge in [0.15, 0.2) is 0 Å². The Bertz CT molecular complexity index is 733. The minimum Gasteiger partial charge on any atom is -0.337 e. The van der Waals surface area contributed by atoms with Gasteiger partial charge in [0.05, 0.1) is 11.0 Å². The zero-order chi connectivity index (χ0) is 18.0. The van der Waals surface area contributed by atoms with Crippen LogP contribution in [0.5, 0.6) is 0 Å². The van der Waals surface area contributed by atoms with Crippen LogP contribution < -0.4 is 0 Å². The third kappa shape index (κ3) is 1.37. The Labute approximate surface area is 148 Å². The predicted molar refractivity (Wildman–Crippen MR) is 90.4 cm³/mol. The van der Waals surface area contributed by atoms with E-state index in [1.165, 1.54) is 4.90 Å². The second kappa shape index (κ2) is 4.11. The number of piperazine rings is 1. The lowest BCUT2D eigenvalue weighted by Gasteiger charge is -2.64. The molecule has 1 aliphatic carbocycles. The lowest BCUT2D eigenvalue weighted by Crippen LogP contribution is -2.78. The summed E-state index contributed by atoms with van der Waals surface area (Å²) >= 11 is 0. The maximum atomic E-state index is 13.3. The third-order valence-electron chi connectivity index (χ3n) is 8.90. The number of carbonyl (C=O) groups excluding carboxylic acids is 3. The first-order valence-electron chi connectivity index (χ1n) is 9.47. The van der Waals surface area contributed by atoms with Crippen LogP contribution in [0.1, 0.15) is 46.0 Å². The van der Waals surface area contributed by atoms with E-state index in [4.69, 9.17) is 0 Å². The van der Waals surface area contributed by atoms with Crippen LogP contribution in [-0.2, 0) is 14.4 Å². The molecule has 3 spiro atoms. The van der Waals surface area contributed by atoms with Crippen molar-refractivity contribution >= 4 is 17.7 Å². The molecule has 6 nitrogen and oxygen atoms in total. The zero-order valence-corrected chi connectivity index (χ0v) is 15.6. The van der Waals surface area contributed by atoms with E-state index in [0.717, 1.165) is 32.4 Å². The molecule has 1 saturated carbocycles. The van der Waals surface area contributed by atoms with E-state index in [2.05, 4.69) is 18.7 Å². The van der Waals surface area contributed by atoms with Gasteiger partial charge in [0.1, 0.15) is 5.54 Å². The molecule has 6 rings (SSSR count). The zero-order valence-electron chi connectivity index (χ0n) is 15.6. The molecule has 5 heterocycles. The van der Waals surface area contributed by atoms with Crippen LogP contribution in [0.15, 0.2) is 0 Å². The number of amides is 3. The summed E-state index contributed by atoms with van der Waals surface area (Å²) in [6.07, 6.45) is 3.77. The summed E-state index contributed by atoms with van der Waals surface area (Å²) in [5.74, 6) is 0.398. The van der Waals surface area contributed by atoms with Gasteiger partial charge in [-0.2, -0.15) is 0 Å². The van der Waals surface area contributed by atoms with Gasteiger partial charge in [0.25, 0.3) is 0 Å². The van der Waals surface area contributed by atoms with Gasteiger partial charge in [0.2, 0.25) is 17.7 Å². The number of nitrogens with zero attached hydrogens (tertiary/aromatic N) is 3. The van der Waals surface area contributed by atoms with Crippen molar-refractivity contribution in [3.8, 4) is 0 Å². The van der Waals surface area contributed by atoms with Crippen LogP contribution in [0.3, 0.4) is 0 Å². The van der Waals surface area contributed by atoms with E-state index in [9.17, 15) is 14.4 Å². The highest BCUT2D eigenvalue weighted by atomic mass is 16.2. The maximum Gasteiger partial charge on any atom is 0.243 e. The Hall–Kier alpha value is -1.43. The van der Waals surface area contributed by atoms with Crippen LogP contribution in [0.4, 0.5) is 0 Å². The van der Waals surface area contributed by atoms with Crippen molar-refractivity contribution in [2.45, 2.75) is 57.0 Å². The van der Waals surface area contributed by atoms with Crippen molar-refractivity contribution in [2.24, 2.45) is 16.7 Å². The Balaban J connectivity index is 1.69. The fourth-order valence-corrected chi connectivity index (χ4v) is 7.38. The highest BCUT2D eigenvalue weighted by Crippen LogP contribution is 2.71. The summed E-state index contributed by atoms with van der Waals surface area (Å²) in [5, 5.41) is 0. The van der Waals surface area contributed by atoms with Gasteiger partial charge in [-0.1, -0.05) is 13.8 Å². The van der Waals surface area contributed by atoms with Crippen LogP contribution in [0.2, 0.25) is 0 Å². The smallest absolute Gasteiger partial charge is 0.243 e. The number of fused-ring (bicyclic) bond motifs is 1. The van der Waals surface area contributed by atoms with Crippen molar-refractivity contribution in [1.82, 2.24) is 14.7 Å². The monoisotopic (exact) mass is 345 g/mol. The average Bonchev–Trinajstić information content (AvgIpc) is 3.13. The average molecular weight is 345 g/mol. The second-order valence-corrected chi connectivity index (χ2v) is 9.70. The highest BCUT2D eigenvalue weighted by Gasteiger charge is 2.79. The van der Waals surface area contributed by atoms with Crippen molar-refractivity contribution in [3.63, 3.8) is 0 Å². The Morgan fingerprint density at radius 3 is 2.44 bits per heavy atom. The number of imide groups is 1. The molecule has 0 aromatic carbocycles. The SMILES string of the molecule is CN1C(=O)C[C@]2(C[C@@]34CN5CCC[C@]5(C[C@H]3C2(C)C)C(=O)N4C)C1=O. The molecule has 0 unspecified atom stereocenters. The fraction of sp³-hybridized carbons (Fsp3) is 0.842. The lowest BCUT2D eigenvalue weighted by atomic mass is 9.58.